The van der Waals surface area contributed by atoms with Gasteiger partial charge in [-0.3, -0.25) is 0 Å². The van der Waals surface area contributed by atoms with Crippen LogP contribution in [0.1, 0.15) is 135 Å². The van der Waals surface area contributed by atoms with Gasteiger partial charge in [0.05, 0.1) is 0 Å². The predicted octanol–water partition coefficient (Wildman–Crippen LogP) is 9.02. The zero-order chi connectivity index (χ0) is 18.3. The first kappa shape index (κ1) is 24.8. The van der Waals surface area contributed by atoms with Gasteiger partial charge in [-0.25, -0.2) is 0 Å². The highest BCUT2D eigenvalue weighted by Gasteiger charge is 1.95. The molecule has 0 aromatic rings. The fourth-order valence-electron chi connectivity index (χ4n) is 3.48. The summed E-state index contributed by atoms with van der Waals surface area (Å²) < 4.78 is 0. The lowest BCUT2D eigenvalue weighted by atomic mass is 10.0. The van der Waals surface area contributed by atoms with Crippen molar-refractivity contribution in [2.75, 3.05) is 5.75 Å². The molecule has 0 spiro atoms. The van der Waals surface area contributed by atoms with Gasteiger partial charge in [0.25, 0.3) is 0 Å². The molecule has 0 amide bonds. The second kappa shape index (κ2) is 23.8. The molecule has 0 rings (SSSR count). The monoisotopic (exact) mass is 367 g/mol. The maximum atomic E-state index is 8.44. The minimum atomic E-state index is 1.02. The molecule has 148 valence electrons. The molecule has 0 bridgehead atoms. The van der Waals surface area contributed by atoms with E-state index in [1.54, 1.807) is 0 Å². The van der Waals surface area contributed by atoms with E-state index in [-0.39, 0.29) is 0 Å². The molecular weight excluding hydrogens is 322 g/mol. The van der Waals surface area contributed by atoms with Crippen LogP contribution in [0.4, 0.5) is 0 Å². The van der Waals surface area contributed by atoms with Crippen LogP contribution >= 0.6 is 11.8 Å². The van der Waals surface area contributed by atoms with E-state index >= 15 is 0 Å². The zero-order valence-corrected chi connectivity index (χ0v) is 18.0. The quantitative estimate of drug-likeness (QED) is 0.149. The summed E-state index contributed by atoms with van der Waals surface area (Å²) in [6.45, 7) is 2.29. The van der Waals surface area contributed by atoms with E-state index in [4.69, 9.17) is 5.26 Å². The molecule has 0 aliphatic rings. The molecule has 0 N–H and O–H groups in total. The fourth-order valence-corrected chi connectivity index (χ4v) is 3.91. The van der Waals surface area contributed by atoms with Crippen molar-refractivity contribution in [1.29, 1.82) is 5.26 Å². The molecule has 0 saturated heterocycles. The van der Waals surface area contributed by atoms with Crippen LogP contribution in [0.3, 0.4) is 0 Å². The summed E-state index contributed by atoms with van der Waals surface area (Å²) in [7, 11) is 0. The summed E-state index contributed by atoms with van der Waals surface area (Å²) in [6.07, 6.45) is 28.5. The average molecular weight is 368 g/mol. The van der Waals surface area contributed by atoms with Crippen molar-refractivity contribution in [3.63, 3.8) is 0 Å². The van der Waals surface area contributed by atoms with E-state index in [9.17, 15) is 0 Å². The van der Waals surface area contributed by atoms with Gasteiger partial charge in [0.1, 0.15) is 5.40 Å². The van der Waals surface area contributed by atoms with E-state index in [1.165, 1.54) is 140 Å². The minimum absolute atomic E-state index is 1.02. The Hall–Kier alpha value is -0.160. The van der Waals surface area contributed by atoms with Gasteiger partial charge in [-0.1, -0.05) is 129 Å². The lowest BCUT2D eigenvalue weighted by molar-refractivity contribution is 0.523. The highest BCUT2D eigenvalue weighted by atomic mass is 32.2. The van der Waals surface area contributed by atoms with Gasteiger partial charge in [-0.05, 0) is 18.2 Å². The summed E-state index contributed by atoms with van der Waals surface area (Å²) in [4.78, 5) is 0. The van der Waals surface area contributed by atoms with Crippen LogP contribution in [0.5, 0.6) is 0 Å². The molecule has 0 aliphatic heterocycles. The maximum Gasteiger partial charge on any atom is 0.133 e. The van der Waals surface area contributed by atoms with Gasteiger partial charge in [-0.15, -0.1) is 0 Å². The van der Waals surface area contributed by atoms with Crippen molar-refractivity contribution in [2.24, 2.45) is 0 Å². The standard InChI is InChI=1S/C23H45NS/c1-2-3-4-5-6-7-8-9-10-11-12-13-14-15-16-17-18-19-20-21-22-25-23-24/h2-22H2,1H3. The molecule has 2 heteroatoms. The van der Waals surface area contributed by atoms with Gasteiger partial charge in [-0.2, -0.15) is 5.26 Å². The van der Waals surface area contributed by atoms with Crippen LogP contribution in [0.25, 0.3) is 0 Å². The molecule has 0 unspecified atom stereocenters. The fraction of sp³-hybridized carbons (Fsp3) is 0.957. The first-order valence-corrected chi connectivity index (χ1v) is 12.4. The van der Waals surface area contributed by atoms with Crippen molar-refractivity contribution in [3.05, 3.63) is 0 Å². The van der Waals surface area contributed by atoms with Crippen molar-refractivity contribution in [3.8, 4) is 5.40 Å². The smallest absolute Gasteiger partial charge is 0.133 e. The van der Waals surface area contributed by atoms with E-state index < -0.39 is 0 Å². The van der Waals surface area contributed by atoms with Crippen LogP contribution in [-0.4, -0.2) is 5.75 Å². The van der Waals surface area contributed by atoms with Gasteiger partial charge in [0.2, 0.25) is 0 Å². The van der Waals surface area contributed by atoms with Gasteiger partial charge in [0, 0.05) is 5.75 Å². The molecule has 0 radical (unpaired) electrons. The second-order valence-corrected chi connectivity index (χ2v) is 8.54. The third-order valence-corrected chi connectivity index (χ3v) is 5.79. The first-order valence-electron chi connectivity index (χ1n) is 11.4. The van der Waals surface area contributed by atoms with Crippen molar-refractivity contribution >= 4 is 11.8 Å². The Morgan fingerprint density at radius 1 is 0.480 bits per heavy atom. The molecule has 0 aromatic heterocycles. The SMILES string of the molecule is CCCCCCCCCCCCCCCCCCCCCCSC#N. The summed E-state index contributed by atoms with van der Waals surface area (Å²) in [6, 6.07) is 0. The third kappa shape index (κ3) is 23.8. The highest BCUT2D eigenvalue weighted by molar-refractivity contribution is 8.03. The lowest BCUT2D eigenvalue weighted by Gasteiger charge is -2.04. The molecule has 25 heavy (non-hydrogen) atoms. The van der Waals surface area contributed by atoms with E-state index in [2.05, 4.69) is 12.3 Å². The third-order valence-electron chi connectivity index (χ3n) is 5.16. The number of nitrogens with zero attached hydrogens (tertiary/aromatic N) is 1. The largest absolute Gasteiger partial charge is 0.185 e. The Morgan fingerprint density at radius 2 is 0.760 bits per heavy atom. The maximum absolute atomic E-state index is 8.44. The molecule has 0 aliphatic carbocycles. The van der Waals surface area contributed by atoms with Gasteiger partial charge >= 0.3 is 0 Å². The average Bonchev–Trinajstić information content (AvgIpc) is 2.63. The summed E-state index contributed by atoms with van der Waals surface area (Å²) >= 11 is 1.40. The molecule has 0 aromatic carbocycles. The minimum Gasteiger partial charge on any atom is -0.185 e. The second-order valence-electron chi connectivity index (χ2n) is 7.66. The van der Waals surface area contributed by atoms with Crippen LogP contribution < -0.4 is 0 Å². The van der Waals surface area contributed by atoms with Gasteiger partial charge in [0.15, 0.2) is 0 Å². The molecule has 0 heterocycles. The topological polar surface area (TPSA) is 23.8 Å². The Bertz CT molecular complexity index is 272. The molecule has 0 fully saturated rings. The number of thiocyanates is 1. The summed E-state index contributed by atoms with van der Waals surface area (Å²) in [5.74, 6) is 1.02. The zero-order valence-electron chi connectivity index (χ0n) is 17.2. The number of nitriles is 1. The van der Waals surface area contributed by atoms with Crippen molar-refractivity contribution in [1.82, 2.24) is 0 Å². The summed E-state index contributed by atoms with van der Waals surface area (Å²) in [5.41, 5.74) is 0. The van der Waals surface area contributed by atoms with Gasteiger partial charge < -0.3 is 0 Å². The Balaban J connectivity index is 2.95. The Kier molecular flexibility index (Phi) is 23.7. The highest BCUT2D eigenvalue weighted by Crippen LogP contribution is 2.15. The number of hydrogen-bond donors (Lipinski definition) is 0. The number of hydrogen-bond acceptors (Lipinski definition) is 2. The van der Waals surface area contributed by atoms with Crippen LogP contribution in [0, 0.1) is 10.7 Å². The summed E-state index contributed by atoms with van der Waals surface area (Å²) in [5, 5.41) is 10.6. The van der Waals surface area contributed by atoms with Crippen LogP contribution in [-0.2, 0) is 0 Å². The molecule has 0 atom stereocenters. The van der Waals surface area contributed by atoms with Crippen molar-refractivity contribution in [2.45, 2.75) is 135 Å². The van der Waals surface area contributed by atoms with E-state index in [1.807, 2.05) is 0 Å². The Morgan fingerprint density at radius 3 is 1.04 bits per heavy atom. The van der Waals surface area contributed by atoms with Crippen LogP contribution in [0.2, 0.25) is 0 Å². The lowest BCUT2D eigenvalue weighted by Crippen LogP contribution is -1.84. The van der Waals surface area contributed by atoms with Crippen LogP contribution in [0.15, 0.2) is 0 Å². The number of rotatable bonds is 21. The predicted molar refractivity (Wildman–Crippen MR) is 116 cm³/mol. The van der Waals surface area contributed by atoms with E-state index in [0.29, 0.717) is 0 Å². The molecule has 1 nitrogen and oxygen atoms in total. The Labute approximate surface area is 163 Å². The normalized spacial score (nSPS) is 10.9. The first-order chi connectivity index (χ1) is 12.4. The number of unbranched alkanes of at least 4 members (excludes halogenated alkanes) is 19. The number of thioether (sulfide) groups is 1. The van der Waals surface area contributed by atoms with E-state index in [0.717, 1.165) is 5.75 Å². The van der Waals surface area contributed by atoms with Crippen molar-refractivity contribution < 1.29 is 0 Å². The molecular formula is C23H45NS. The molecule has 0 saturated carbocycles.